The molecule has 4 nitrogen and oxygen atoms in total. The third-order valence-corrected chi connectivity index (χ3v) is 2.41. The van der Waals surface area contributed by atoms with Gasteiger partial charge in [0, 0.05) is 13.6 Å². The molecule has 0 atom stereocenters. The van der Waals surface area contributed by atoms with Crippen molar-refractivity contribution in [3.8, 4) is 5.75 Å². The van der Waals surface area contributed by atoms with E-state index in [1.807, 2.05) is 13.8 Å². The molecule has 100 valence electrons. The number of rotatable bonds is 5. The average molecular weight is 255 g/mol. The van der Waals surface area contributed by atoms with Crippen LogP contribution in [0.4, 0.5) is 4.39 Å². The van der Waals surface area contributed by atoms with Crippen LogP contribution in [0.25, 0.3) is 0 Å². The second-order valence-corrected chi connectivity index (χ2v) is 4.31. The van der Waals surface area contributed by atoms with E-state index in [4.69, 9.17) is 4.74 Å². The number of amides is 1. The quantitative estimate of drug-likeness (QED) is 0.875. The van der Waals surface area contributed by atoms with Crippen LogP contribution in [0.2, 0.25) is 0 Å². The molecule has 0 aliphatic heterocycles. The Labute approximate surface area is 106 Å². The fourth-order valence-corrected chi connectivity index (χ4v) is 1.41. The first kappa shape index (κ1) is 14.4. The van der Waals surface area contributed by atoms with Crippen LogP contribution >= 0.6 is 0 Å². The van der Waals surface area contributed by atoms with Crippen molar-refractivity contribution < 1.29 is 19.0 Å². The van der Waals surface area contributed by atoms with Crippen LogP contribution in [-0.2, 0) is 4.74 Å². The maximum atomic E-state index is 13.0. The monoisotopic (exact) mass is 255 g/mol. The molecule has 0 aromatic heterocycles. The summed E-state index contributed by atoms with van der Waals surface area (Å²) in [6.07, 6.45) is 0.0936. The standard InChI is InChI=1S/C13H18FNO3/c1-9(2)18-7-6-15(3)13(17)11-8-10(14)4-5-12(11)16/h4-5,8-9,16H,6-7H2,1-3H3. The first-order valence-electron chi connectivity index (χ1n) is 5.77. The second kappa shape index (κ2) is 6.35. The zero-order valence-electron chi connectivity index (χ0n) is 10.8. The number of hydrogen-bond donors (Lipinski definition) is 1. The lowest BCUT2D eigenvalue weighted by Gasteiger charge is -2.18. The zero-order valence-corrected chi connectivity index (χ0v) is 10.8. The van der Waals surface area contributed by atoms with Gasteiger partial charge in [-0.15, -0.1) is 0 Å². The van der Waals surface area contributed by atoms with Gasteiger partial charge in [-0.05, 0) is 32.0 Å². The molecule has 0 heterocycles. The lowest BCUT2D eigenvalue weighted by Crippen LogP contribution is -2.30. The van der Waals surface area contributed by atoms with Crippen molar-refractivity contribution in [3.63, 3.8) is 0 Å². The lowest BCUT2D eigenvalue weighted by molar-refractivity contribution is 0.0530. The van der Waals surface area contributed by atoms with Gasteiger partial charge in [-0.1, -0.05) is 0 Å². The number of ether oxygens (including phenoxy) is 1. The average Bonchev–Trinajstić information content (AvgIpc) is 2.30. The Morgan fingerprint density at radius 1 is 1.50 bits per heavy atom. The Hall–Kier alpha value is -1.62. The van der Waals surface area contributed by atoms with Crippen molar-refractivity contribution in [1.29, 1.82) is 0 Å². The number of hydrogen-bond acceptors (Lipinski definition) is 3. The van der Waals surface area contributed by atoms with E-state index in [1.165, 1.54) is 11.0 Å². The van der Waals surface area contributed by atoms with E-state index < -0.39 is 11.7 Å². The molecule has 0 aliphatic carbocycles. The highest BCUT2D eigenvalue weighted by molar-refractivity contribution is 5.96. The number of phenols is 1. The minimum absolute atomic E-state index is 0.0398. The third kappa shape index (κ3) is 4.00. The van der Waals surface area contributed by atoms with Gasteiger partial charge in [0.25, 0.3) is 5.91 Å². The minimum atomic E-state index is -0.553. The number of carbonyl (C=O) groups is 1. The van der Waals surface area contributed by atoms with Gasteiger partial charge >= 0.3 is 0 Å². The number of phenolic OH excluding ortho intramolecular Hbond substituents is 1. The fourth-order valence-electron chi connectivity index (χ4n) is 1.41. The van der Waals surface area contributed by atoms with E-state index in [0.29, 0.717) is 13.2 Å². The highest BCUT2D eigenvalue weighted by Crippen LogP contribution is 2.19. The molecular weight excluding hydrogens is 237 g/mol. The van der Waals surface area contributed by atoms with Crippen LogP contribution in [0, 0.1) is 5.82 Å². The lowest BCUT2D eigenvalue weighted by atomic mass is 10.1. The van der Waals surface area contributed by atoms with Crippen molar-refractivity contribution >= 4 is 5.91 Å². The summed E-state index contributed by atoms with van der Waals surface area (Å²) < 4.78 is 18.3. The normalized spacial score (nSPS) is 10.7. The summed E-state index contributed by atoms with van der Waals surface area (Å²) in [5.74, 6) is -1.21. The molecule has 1 rings (SSSR count). The summed E-state index contributed by atoms with van der Waals surface area (Å²) in [5, 5.41) is 9.52. The Bertz CT molecular complexity index is 421. The molecule has 1 aromatic carbocycles. The Balaban J connectivity index is 2.65. The summed E-state index contributed by atoms with van der Waals surface area (Å²) in [7, 11) is 1.58. The van der Waals surface area contributed by atoms with E-state index in [2.05, 4.69) is 0 Å². The number of likely N-dealkylation sites (N-methyl/N-ethyl adjacent to an activating group) is 1. The van der Waals surface area contributed by atoms with E-state index in [-0.39, 0.29) is 17.4 Å². The smallest absolute Gasteiger partial charge is 0.257 e. The van der Waals surface area contributed by atoms with E-state index >= 15 is 0 Å². The second-order valence-electron chi connectivity index (χ2n) is 4.31. The van der Waals surface area contributed by atoms with Crippen molar-refractivity contribution in [2.24, 2.45) is 0 Å². The van der Waals surface area contributed by atoms with Crippen LogP contribution in [0.5, 0.6) is 5.75 Å². The molecule has 0 fully saturated rings. The van der Waals surface area contributed by atoms with Gasteiger partial charge in [-0.2, -0.15) is 0 Å². The maximum Gasteiger partial charge on any atom is 0.257 e. The molecule has 5 heteroatoms. The predicted octanol–water partition coefficient (Wildman–Crippen LogP) is 2.03. The number of carbonyl (C=O) groups excluding carboxylic acids is 1. The molecule has 0 unspecified atom stereocenters. The van der Waals surface area contributed by atoms with Crippen molar-refractivity contribution in [1.82, 2.24) is 4.90 Å². The van der Waals surface area contributed by atoms with E-state index in [0.717, 1.165) is 12.1 Å². The van der Waals surface area contributed by atoms with Crippen LogP contribution < -0.4 is 0 Å². The van der Waals surface area contributed by atoms with Crippen molar-refractivity contribution in [2.75, 3.05) is 20.2 Å². The molecular formula is C13H18FNO3. The number of benzene rings is 1. The summed E-state index contributed by atoms with van der Waals surface area (Å²) in [6.45, 7) is 4.59. The van der Waals surface area contributed by atoms with Gasteiger partial charge in [-0.3, -0.25) is 4.79 Å². The molecule has 1 aromatic rings. The van der Waals surface area contributed by atoms with Crippen LogP contribution in [0.15, 0.2) is 18.2 Å². The number of nitrogens with zero attached hydrogens (tertiary/aromatic N) is 1. The van der Waals surface area contributed by atoms with Gasteiger partial charge in [0.1, 0.15) is 11.6 Å². The summed E-state index contributed by atoms with van der Waals surface area (Å²) in [5.41, 5.74) is -0.0398. The van der Waals surface area contributed by atoms with Crippen LogP contribution in [0.3, 0.4) is 0 Å². The van der Waals surface area contributed by atoms with Gasteiger partial charge in [0.05, 0.1) is 18.3 Å². The molecule has 0 bridgehead atoms. The first-order valence-corrected chi connectivity index (χ1v) is 5.77. The summed E-state index contributed by atoms with van der Waals surface area (Å²) >= 11 is 0. The van der Waals surface area contributed by atoms with Gasteiger partial charge in [0.15, 0.2) is 0 Å². The van der Waals surface area contributed by atoms with Crippen molar-refractivity contribution in [2.45, 2.75) is 20.0 Å². The first-order chi connectivity index (χ1) is 8.41. The largest absolute Gasteiger partial charge is 0.507 e. The topological polar surface area (TPSA) is 49.8 Å². The Morgan fingerprint density at radius 3 is 2.78 bits per heavy atom. The molecule has 1 amide bonds. The SMILES string of the molecule is CC(C)OCCN(C)C(=O)c1cc(F)ccc1O. The zero-order chi connectivity index (χ0) is 13.7. The fraction of sp³-hybridized carbons (Fsp3) is 0.462. The summed E-state index contributed by atoms with van der Waals surface area (Å²) in [4.78, 5) is 13.3. The Morgan fingerprint density at radius 2 is 2.17 bits per heavy atom. The number of halogens is 1. The Kier molecular flexibility index (Phi) is 5.09. The van der Waals surface area contributed by atoms with Crippen molar-refractivity contribution in [3.05, 3.63) is 29.6 Å². The van der Waals surface area contributed by atoms with E-state index in [1.54, 1.807) is 7.05 Å². The van der Waals surface area contributed by atoms with Gasteiger partial charge in [0.2, 0.25) is 0 Å². The van der Waals surface area contributed by atoms with Crippen LogP contribution in [0.1, 0.15) is 24.2 Å². The summed E-state index contributed by atoms with van der Waals surface area (Å²) in [6, 6.07) is 3.30. The molecule has 1 N–H and O–H groups in total. The minimum Gasteiger partial charge on any atom is -0.507 e. The van der Waals surface area contributed by atoms with Gasteiger partial charge in [-0.25, -0.2) is 4.39 Å². The predicted molar refractivity (Wildman–Crippen MR) is 66.1 cm³/mol. The highest BCUT2D eigenvalue weighted by Gasteiger charge is 2.16. The highest BCUT2D eigenvalue weighted by atomic mass is 19.1. The number of aromatic hydroxyl groups is 1. The molecule has 0 saturated heterocycles. The molecule has 0 aliphatic rings. The molecule has 0 radical (unpaired) electrons. The van der Waals surface area contributed by atoms with E-state index in [9.17, 15) is 14.3 Å². The van der Waals surface area contributed by atoms with Gasteiger partial charge < -0.3 is 14.7 Å². The molecule has 0 spiro atoms. The molecule has 0 saturated carbocycles. The third-order valence-electron chi connectivity index (χ3n) is 2.41. The van der Waals surface area contributed by atoms with Crippen LogP contribution in [-0.4, -0.2) is 42.2 Å². The molecule has 18 heavy (non-hydrogen) atoms. The maximum absolute atomic E-state index is 13.0.